The van der Waals surface area contributed by atoms with Gasteiger partial charge in [0.25, 0.3) is 5.91 Å². The first-order valence-corrected chi connectivity index (χ1v) is 9.42. The first kappa shape index (κ1) is 22.1. The molecule has 0 fully saturated rings. The predicted octanol–water partition coefficient (Wildman–Crippen LogP) is 4.42. The number of rotatable bonds is 8. The average molecular weight is 461 g/mol. The van der Waals surface area contributed by atoms with Crippen molar-refractivity contribution in [2.75, 3.05) is 33.3 Å². The summed E-state index contributed by atoms with van der Waals surface area (Å²) in [6.07, 6.45) is 1.47. The molecule has 0 aromatic heterocycles. The topological polar surface area (TPSA) is 89.8 Å². The van der Waals surface area contributed by atoms with Crippen LogP contribution >= 0.6 is 15.9 Å². The van der Waals surface area contributed by atoms with Crippen LogP contribution in [0.15, 0.2) is 40.4 Å². The standard InChI is InChI=1S/C21H21BrN2O5/c1-5-29-17-7-6-13(9-20(17)28-4)8-14(12-23)21(25)24-16-11-18(26-2)15(22)10-19(16)27-3/h6-11H,5H2,1-4H3,(H,24,25)/b14-8+. The summed E-state index contributed by atoms with van der Waals surface area (Å²) in [4.78, 5) is 12.7. The highest BCUT2D eigenvalue weighted by molar-refractivity contribution is 9.10. The van der Waals surface area contributed by atoms with E-state index in [2.05, 4.69) is 21.2 Å². The number of ether oxygens (including phenoxy) is 4. The fourth-order valence-electron chi connectivity index (χ4n) is 2.51. The van der Waals surface area contributed by atoms with Gasteiger partial charge in [0.05, 0.1) is 38.1 Å². The molecular formula is C21H21BrN2O5. The number of benzene rings is 2. The molecule has 0 saturated heterocycles. The Labute approximate surface area is 178 Å². The maximum atomic E-state index is 12.7. The van der Waals surface area contributed by atoms with E-state index in [1.165, 1.54) is 27.4 Å². The van der Waals surface area contributed by atoms with Gasteiger partial charge >= 0.3 is 0 Å². The van der Waals surface area contributed by atoms with Crippen LogP contribution in [0.2, 0.25) is 0 Å². The van der Waals surface area contributed by atoms with Crippen LogP contribution in [0.4, 0.5) is 5.69 Å². The van der Waals surface area contributed by atoms with Gasteiger partial charge in [-0.3, -0.25) is 4.79 Å². The summed E-state index contributed by atoms with van der Waals surface area (Å²) in [5.74, 6) is 1.45. The van der Waals surface area contributed by atoms with Crippen LogP contribution in [-0.2, 0) is 4.79 Å². The summed E-state index contributed by atoms with van der Waals surface area (Å²) in [6, 6.07) is 10.4. The van der Waals surface area contributed by atoms with Gasteiger partial charge in [0.15, 0.2) is 11.5 Å². The first-order chi connectivity index (χ1) is 14.0. The Morgan fingerprint density at radius 3 is 2.34 bits per heavy atom. The summed E-state index contributed by atoms with van der Waals surface area (Å²) in [7, 11) is 4.52. The number of nitriles is 1. The molecule has 0 radical (unpaired) electrons. The highest BCUT2D eigenvalue weighted by Crippen LogP contribution is 2.36. The van der Waals surface area contributed by atoms with Crippen molar-refractivity contribution in [3.63, 3.8) is 0 Å². The molecule has 1 amide bonds. The third-order valence-corrected chi connectivity index (χ3v) is 4.51. The number of methoxy groups -OCH3 is 3. The lowest BCUT2D eigenvalue weighted by molar-refractivity contribution is -0.112. The third kappa shape index (κ3) is 5.42. The summed E-state index contributed by atoms with van der Waals surface area (Å²) in [5.41, 5.74) is 0.917. The molecule has 0 unspecified atom stereocenters. The van der Waals surface area contributed by atoms with E-state index < -0.39 is 5.91 Å². The Morgan fingerprint density at radius 1 is 1.07 bits per heavy atom. The fraction of sp³-hybridized carbons (Fsp3) is 0.238. The lowest BCUT2D eigenvalue weighted by atomic mass is 10.1. The Morgan fingerprint density at radius 2 is 1.76 bits per heavy atom. The second-order valence-corrected chi connectivity index (χ2v) is 6.51. The number of hydrogen-bond donors (Lipinski definition) is 1. The van der Waals surface area contributed by atoms with E-state index >= 15 is 0 Å². The minimum Gasteiger partial charge on any atom is -0.495 e. The van der Waals surface area contributed by atoms with E-state index in [1.807, 2.05) is 13.0 Å². The highest BCUT2D eigenvalue weighted by atomic mass is 79.9. The van der Waals surface area contributed by atoms with Crippen molar-refractivity contribution in [1.82, 2.24) is 0 Å². The van der Waals surface area contributed by atoms with Crippen molar-refractivity contribution >= 4 is 33.6 Å². The van der Waals surface area contributed by atoms with E-state index in [4.69, 9.17) is 18.9 Å². The van der Waals surface area contributed by atoms with Gasteiger partial charge in [-0.05, 0) is 46.6 Å². The first-order valence-electron chi connectivity index (χ1n) is 8.62. The summed E-state index contributed by atoms with van der Waals surface area (Å²) < 4.78 is 22.0. The molecule has 0 atom stereocenters. The van der Waals surface area contributed by atoms with Gasteiger partial charge in [-0.2, -0.15) is 5.26 Å². The second kappa shape index (κ2) is 10.4. The summed E-state index contributed by atoms with van der Waals surface area (Å²) in [5, 5.41) is 12.2. The van der Waals surface area contributed by atoms with Crippen LogP contribution in [0.3, 0.4) is 0 Å². The normalized spacial score (nSPS) is 10.7. The van der Waals surface area contributed by atoms with Crippen molar-refractivity contribution in [3.8, 4) is 29.1 Å². The van der Waals surface area contributed by atoms with Gasteiger partial charge in [0.2, 0.25) is 0 Å². The maximum absolute atomic E-state index is 12.7. The van der Waals surface area contributed by atoms with E-state index in [1.54, 1.807) is 30.3 Å². The van der Waals surface area contributed by atoms with Crippen LogP contribution in [0, 0.1) is 11.3 Å². The molecule has 2 aromatic carbocycles. The van der Waals surface area contributed by atoms with Crippen LogP contribution < -0.4 is 24.3 Å². The molecule has 8 heteroatoms. The van der Waals surface area contributed by atoms with Gasteiger partial charge in [0, 0.05) is 12.1 Å². The third-order valence-electron chi connectivity index (χ3n) is 3.89. The molecule has 0 aliphatic heterocycles. The minimum atomic E-state index is -0.581. The number of amides is 1. The fourth-order valence-corrected chi connectivity index (χ4v) is 3.00. The molecule has 7 nitrogen and oxygen atoms in total. The molecule has 0 bridgehead atoms. The summed E-state index contributed by atoms with van der Waals surface area (Å²) in [6.45, 7) is 2.37. The van der Waals surface area contributed by atoms with Crippen molar-refractivity contribution in [2.45, 2.75) is 6.92 Å². The monoisotopic (exact) mass is 460 g/mol. The molecule has 29 heavy (non-hydrogen) atoms. The maximum Gasteiger partial charge on any atom is 0.266 e. The molecule has 0 aliphatic carbocycles. The molecule has 0 saturated carbocycles. The quantitative estimate of drug-likeness (QED) is 0.463. The Hall–Kier alpha value is -3.18. The van der Waals surface area contributed by atoms with Crippen molar-refractivity contribution in [1.29, 1.82) is 5.26 Å². The van der Waals surface area contributed by atoms with Crippen molar-refractivity contribution in [2.24, 2.45) is 0 Å². The van der Waals surface area contributed by atoms with E-state index in [0.717, 1.165) is 0 Å². The molecule has 2 rings (SSSR count). The minimum absolute atomic E-state index is 0.0832. The van der Waals surface area contributed by atoms with Gasteiger partial charge < -0.3 is 24.3 Å². The van der Waals surface area contributed by atoms with Crippen LogP contribution in [0.5, 0.6) is 23.0 Å². The van der Waals surface area contributed by atoms with Crippen LogP contribution in [0.1, 0.15) is 12.5 Å². The zero-order chi connectivity index (χ0) is 21.4. The van der Waals surface area contributed by atoms with Crippen molar-refractivity contribution in [3.05, 3.63) is 45.9 Å². The SMILES string of the molecule is CCOc1ccc(/C=C(\C#N)C(=O)Nc2cc(OC)c(Br)cc2OC)cc1OC. The van der Waals surface area contributed by atoms with Gasteiger partial charge in [-0.25, -0.2) is 0 Å². The van der Waals surface area contributed by atoms with Crippen molar-refractivity contribution < 1.29 is 23.7 Å². The number of carbonyl (C=O) groups is 1. The number of halogens is 1. The highest BCUT2D eigenvalue weighted by Gasteiger charge is 2.16. The Balaban J connectivity index is 2.33. The predicted molar refractivity (Wildman–Crippen MR) is 114 cm³/mol. The molecular weight excluding hydrogens is 440 g/mol. The lowest BCUT2D eigenvalue weighted by Gasteiger charge is -2.13. The molecule has 0 heterocycles. The molecule has 2 aromatic rings. The van der Waals surface area contributed by atoms with E-state index in [-0.39, 0.29) is 5.57 Å². The largest absolute Gasteiger partial charge is 0.495 e. The van der Waals surface area contributed by atoms with Gasteiger partial charge in [-0.15, -0.1) is 0 Å². The smallest absolute Gasteiger partial charge is 0.266 e. The van der Waals surface area contributed by atoms with Crippen LogP contribution in [0.25, 0.3) is 6.08 Å². The average Bonchev–Trinajstić information content (AvgIpc) is 2.73. The Bertz CT molecular complexity index is 966. The number of nitrogens with one attached hydrogen (secondary N) is 1. The van der Waals surface area contributed by atoms with Crippen LogP contribution in [-0.4, -0.2) is 33.8 Å². The molecule has 0 spiro atoms. The zero-order valence-corrected chi connectivity index (χ0v) is 18.1. The van der Waals surface area contributed by atoms with E-state index in [9.17, 15) is 10.1 Å². The number of anilines is 1. The van der Waals surface area contributed by atoms with Gasteiger partial charge in [-0.1, -0.05) is 6.07 Å². The number of carbonyl (C=O) groups excluding carboxylic acids is 1. The molecule has 152 valence electrons. The summed E-state index contributed by atoms with van der Waals surface area (Å²) >= 11 is 3.36. The number of nitrogens with zero attached hydrogens (tertiary/aromatic N) is 1. The zero-order valence-electron chi connectivity index (χ0n) is 16.5. The Kier molecular flexibility index (Phi) is 7.92. The van der Waals surface area contributed by atoms with Gasteiger partial charge in [0.1, 0.15) is 23.1 Å². The lowest BCUT2D eigenvalue weighted by Crippen LogP contribution is -2.14. The molecule has 1 N–H and O–H groups in total. The number of hydrogen-bond acceptors (Lipinski definition) is 6. The second-order valence-electron chi connectivity index (χ2n) is 5.65. The van der Waals surface area contributed by atoms with E-state index in [0.29, 0.717) is 45.3 Å². The molecule has 0 aliphatic rings.